The van der Waals surface area contributed by atoms with Crippen molar-refractivity contribution in [2.24, 2.45) is 0 Å². The van der Waals surface area contributed by atoms with E-state index in [1.807, 2.05) is 24.3 Å². The van der Waals surface area contributed by atoms with Crippen LogP contribution in [-0.4, -0.2) is 99.7 Å². The first-order valence-corrected chi connectivity index (χ1v) is 16.0. The van der Waals surface area contributed by atoms with Crippen molar-refractivity contribution >= 4 is 20.0 Å². The van der Waals surface area contributed by atoms with E-state index in [1.165, 1.54) is 0 Å². The Hall–Kier alpha value is -1.82. The Morgan fingerprint density at radius 3 is 1.11 bits per heavy atom. The number of hydrogen-bond donors (Lipinski definition) is 0. The fourth-order valence-electron chi connectivity index (χ4n) is 5.01. The molecular formula is C27H40N4O4S2. The third kappa shape index (κ3) is 6.43. The van der Waals surface area contributed by atoms with Crippen LogP contribution in [0.4, 0.5) is 0 Å². The fraction of sp³-hybridized carbons (Fsp3) is 0.556. The monoisotopic (exact) mass is 548 g/mol. The Kier molecular flexibility index (Phi) is 8.77. The lowest BCUT2D eigenvalue weighted by molar-refractivity contribution is 0.154. The minimum absolute atomic E-state index is 0.313. The van der Waals surface area contributed by atoms with E-state index in [1.54, 1.807) is 32.9 Å². The predicted octanol–water partition coefficient (Wildman–Crippen LogP) is 2.71. The van der Waals surface area contributed by atoms with Crippen molar-refractivity contribution in [1.82, 2.24) is 18.4 Å². The minimum atomic E-state index is -3.51. The summed E-state index contributed by atoms with van der Waals surface area (Å²) >= 11 is 0. The van der Waals surface area contributed by atoms with Gasteiger partial charge in [0.1, 0.15) is 0 Å². The van der Waals surface area contributed by atoms with E-state index in [0.29, 0.717) is 54.5 Å². The largest absolute Gasteiger partial charge is 0.298 e. The summed E-state index contributed by atoms with van der Waals surface area (Å²) in [5, 5.41) is 0. The Morgan fingerprint density at radius 2 is 0.838 bits per heavy atom. The van der Waals surface area contributed by atoms with E-state index in [0.717, 1.165) is 37.3 Å². The van der Waals surface area contributed by atoms with E-state index in [4.69, 9.17) is 0 Å². The Labute approximate surface area is 223 Å². The van der Waals surface area contributed by atoms with Crippen molar-refractivity contribution in [2.45, 2.75) is 56.0 Å². The maximum absolute atomic E-state index is 13.1. The number of rotatable bonds is 8. The lowest BCUT2D eigenvalue weighted by atomic mass is 10.1. The van der Waals surface area contributed by atoms with Gasteiger partial charge in [0.2, 0.25) is 20.0 Å². The molecule has 0 atom stereocenters. The van der Waals surface area contributed by atoms with Gasteiger partial charge in [0, 0.05) is 64.4 Å². The van der Waals surface area contributed by atoms with Gasteiger partial charge in [-0.3, -0.25) is 9.80 Å². The zero-order chi connectivity index (χ0) is 26.8. The van der Waals surface area contributed by atoms with E-state index < -0.39 is 20.0 Å². The number of benzene rings is 2. The summed E-state index contributed by atoms with van der Waals surface area (Å²) in [7, 11) is -7.02. The van der Waals surface area contributed by atoms with Gasteiger partial charge in [0.15, 0.2) is 0 Å². The van der Waals surface area contributed by atoms with Gasteiger partial charge in [-0.25, -0.2) is 16.8 Å². The van der Waals surface area contributed by atoms with Crippen molar-refractivity contribution in [3.05, 3.63) is 59.7 Å². The molecule has 10 heteroatoms. The molecule has 0 bridgehead atoms. The number of hydrogen-bond acceptors (Lipinski definition) is 6. The van der Waals surface area contributed by atoms with E-state index in [-0.39, 0.29) is 0 Å². The fourth-order valence-corrected chi connectivity index (χ4v) is 7.86. The zero-order valence-corrected chi connectivity index (χ0v) is 24.0. The normalized spacial score (nSPS) is 19.6. The molecule has 0 unspecified atom stereocenters. The van der Waals surface area contributed by atoms with Crippen LogP contribution in [0.25, 0.3) is 0 Å². The summed E-state index contributed by atoms with van der Waals surface area (Å²) in [6.45, 7) is 13.5. The quantitative estimate of drug-likeness (QED) is 0.505. The predicted molar refractivity (Wildman–Crippen MR) is 147 cm³/mol. The van der Waals surface area contributed by atoms with Gasteiger partial charge in [-0.2, -0.15) is 8.61 Å². The summed E-state index contributed by atoms with van der Waals surface area (Å²) in [4.78, 5) is 5.21. The smallest absolute Gasteiger partial charge is 0.243 e. The molecule has 0 spiro atoms. The third-order valence-electron chi connectivity index (χ3n) is 7.54. The summed E-state index contributed by atoms with van der Waals surface area (Å²) in [6, 6.07) is 14.9. The van der Waals surface area contributed by atoms with Gasteiger partial charge in [-0.1, -0.05) is 24.3 Å². The van der Waals surface area contributed by atoms with E-state index >= 15 is 0 Å². The van der Waals surface area contributed by atoms with Crippen LogP contribution in [0.2, 0.25) is 0 Å². The van der Waals surface area contributed by atoms with E-state index in [9.17, 15) is 16.8 Å². The standard InChI is InChI=1S/C27H40N4O4S2/c1-22(2)28-13-17-30(18-14-28)36(32,33)26-9-5-24(6-10-26)21-25-7-11-27(12-8-25)37(34,35)31-19-15-29(16-20-31)23(3)4/h5-12,22-23H,13-21H2,1-4H3. The van der Waals surface area contributed by atoms with Crippen LogP contribution in [0.15, 0.2) is 58.3 Å². The molecule has 8 nitrogen and oxygen atoms in total. The molecule has 37 heavy (non-hydrogen) atoms. The first kappa shape index (κ1) is 28.2. The van der Waals surface area contributed by atoms with Gasteiger partial charge in [0.25, 0.3) is 0 Å². The highest BCUT2D eigenvalue weighted by Crippen LogP contribution is 2.22. The summed E-state index contributed by atoms with van der Waals surface area (Å²) in [6.07, 6.45) is 0.598. The summed E-state index contributed by atoms with van der Waals surface area (Å²) in [5.74, 6) is 0. The van der Waals surface area contributed by atoms with Crippen LogP contribution in [0.1, 0.15) is 38.8 Å². The lowest BCUT2D eigenvalue weighted by Gasteiger charge is -2.36. The molecular weight excluding hydrogens is 508 g/mol. The highest BCUT2D eigenvalue weighted by molar-refractivity contribution is 7.89. The maximum Gasteiger partial charge on any atom is 0.243 e. The van der Waals surface area contributed by atoms with Crippen LogP contribution in [-0.2, 0) is 26.5 Å². The number of nitrogens with zero attached hydrogens (tertiary/aromatic N) is 4. The van der Waals surface area contributed by atoms with Crippen LogP contribution < -0.4 is 0 Å². The average molecular weight is 549 g/mol. The van der Waals surface area contributed by atoms with Gasteiger partial charge in [-0.15, -0.1) is 0 Å². The molecule has 2 aromatic rings. The van der Waals surface area contributed by atoms with Crippen LogP contribution in [0, 0.1) is 0 Å². The van der Waals surface area contributed by atoms with Crippen molar-refractivity contribution in [1.29, 1.82) is 0 Å². The van der Waals surface area contributed by atoms with Crippen LogP contribution in [0.3, 0.4) is 0 Å². The second-order valence-corrected chi connectivity index (χ2v) is 14.4. The molecule has 0 amide bonds. The Balaban J connectivity index is 1.37. The zero-order valence-electron chi connectivity index (χ0n) is 22.4. The molecule has 0 aromatic heterocycles. The average Bonchev–Trinajstić information content (AvgIpc) is 2.89. The Morgan fingerprint density at radius 1 is 0.541 bits per heavy atom. The first-order valence-electron chi connectivity index (χ1n) is 13.1. The number of piperazine rings is 2. The van der Waals surface area contributed by atoms with Gasteiger partial charge < -0.3 is 0 Å². The molecule has 2 fully saturated rings. The van der Waals surface area contributed by atoms with Crippen LogP contribution in [0.5, 0.6) is 0 Å². The molecule has 2 heterocycles. The van der Waals surface area contributed by atoms with Crippen molar-refractivity contribution in [3.63, 3.8) is 0 Å². The van der Waals surface area contributed by atoms with Gasteiger partial charge in [0.05, 0.1) is 9.79 Å². The molecule has 0 radical (unpaired) electrons. The molecule has 204 valence electrons. The highest BCUT2D eigenvalue weighted by Gasteiger charge is 2.30. The van der Waals surface area contributed by atoms with Gasteiger partial charge in [-0.05, 0) is 69.5 Å². The van der Waals surface area contributed by atoms with Crippen molar-refractivity contribution in [2.75, 3.05) is 52.4 Å². The second kappa shape index (κ2) is 11.5. The Bertz CT molecular complexity index is 1140. The molecule has 4 rings (SSSR count). The second-order valence-electron chi connectivity index (χ2n) is 10.5. The molecule has 2 aliphatic rings. The third-order valence-corrected chi connectivity index (χ3v) is 11.4. The maximum atomic E-state index is 13.1. The molecule has 0 N–H and O–H groups in total. The van der Waals surface area contributed by atoms with Crippen molar-refractivity contribution < 1.29 is 16.8 Å². The van der Waals surface area contributed by atoms with Gasteiger partial charge >= 0.3 is 0 Å². The molecule has 2 aromatic carbocycles. The van der Waals surface area contributed by atoms with Crippen LogP contribution >= 0.6 is 0 Å². The number of sulfonamides is 2. The lowest BCUT2D eigenvalue weighted by Crippen LogP contribution is -2.50. The molecule has 0 saturated carbocycles. The first-order chi connectivity index (χ1) is 17.5. The molecule has 2 saturated heterocycles. The summed E-state index contributed by atoms with van der Waals surface area (Å²) in [5.41, 5.74) is 1.95. The van der Waals surface area contributed by atoms with Crippen molar-refractivity contribution in [3.8, 4) is 0 Å². The molecule has 2 aliphatic heterocycles. The SMILES string of the molecule is CC(C)N1CCN(S(=O)(=O)c2ccc(Cc3ccc(S(=O)(=O)N4CCN(C(C)C)CC4)cc3)cc2)CC1. The minimum Gasteiger partial charge on any atom is -0.298 e. The highest BCUT2D eigenvalue weighted by atomic mass is 32.2. The topological polar surface area (TPSA) is 81.2 Å². The molecule has 0 aliphatic carbocycles. The summed E-state index contributed by atoms with van der Waals surface area (Å²) < 4.78 is 55.5. The van der Waals surface area contributed by atoms with E-state index in [2.05, 4.69) is 37.5 Å².